The van der Waals surface area contributed by atoms with E-state index >= 15 is 0 Å². The molecule has 1 aliphatic rings. The molecule has 0 fully saturated rings. The van der Waals surface area contributed by atoms with E-state index in [1.165, 1.54) is 22.5 Å². The zero-order chi connectivity index (χ0) is 11.9. The van der Waals surface area contributed by atoms with Crippen LogP contribution in [0, 0.1) is 5.41 Å². The van der Waals surface area contributed by atoms with E-state index in [1.54, 1.807) is 14.0 Å². The van der Waals surface area contributed by atoms with Crippen molar-refractivity contribution >= 4 is 17.1 Å². The molecule has 1 aliphatic carbocycles. The van der Waals surface area contributed by atoms with Gasteiger partial charge in [-0.15, -0.1) is 0 Å². The molecule has 1 aromatic heterocycles. The van der Waals surface area contributed by atoms with Crippen molar-refractivity contribution in [2.24, 2.45) is 5.41 Å². The lowest BCUT2D eigenvalue weighted by Gasteiger charge is -2.30. The molecule has 0 N–H and O–H groups in total. The Hall–Kier alpha value is -0.830. The van der Waals surface area contributed by atoms with E-state index in [2.05, 4.69) is 13.8 Å². The van der Waals surface area contributed by atoms with E-state index in [9.17, 15) is 4.79 Å². The van der Waals surface area contributed by atoms with E-state index in [4.69, 9.17) is 4.74 Å². The Balaban J connectivity index is 2.50. The number of methoxy groups -OCH3 is 1. The summed E-state index contributed by atoms with van der Waals surface area (Å²) in [6.07, 6.45) is 3.19. The molecule has 88 valence electrons. The van der Waals surface area contributed by atoms with Crippen molar-refractivity contribution < 1.29 is 9.53 Å². The van der Waals surface area contributed by atoms with Crippen LogP contribution in [0.25, 0.3) is 0 Å². The fourth-order valence-corrected chi connectivity index (χ4v) is 3.48. The molecule has 0 amide bonds. The minimum absolute atomic E-state index is 0.171. The summed E-state index contributed by atoms with van der Waals surface area (Å²) in [6.45, 7) is 6.20. The normalized spacial score (nSPS) is 18.0. The van der Waals surface area contributed by atoms with E-state index in [0.29, 0.717) is 5.41 Å². The topological polar surface area (TPSA) is 26.3 Å². The lowest BCUT2D eigenvalue weighted by molar-refractivity contribution is 0.102. The third-order valence-electron chi connectivity index (χ3n) is 3.29. The van der Waals surface area contributed by atoms with Crippen LogP contribution < -0.4 is 4.74 Å². The Morgan fingerprint density at radius 1 is 1.38 bits per heavy atom. The quantitative estimate of drug-likeness (QED) is 0.737. The predicted molar refractivity (Wildman–Crippen MR) is 66.7 cm³/mol. The summed E-state index contributed by atoms with van der Waals surface area (Å²) < 4.78 is 5.40. The molecule has 2 nitrogen and oxygen atoms in total. The summed E-state index contributed by atoms with van der Waals surface area (Å²) in [7, 11) is 1.69. The SMILES string of the molecule is COc1sc(C(C)=O)c2c1CC(C)(C)CC2. The number of thiophene rings is 1. The van der Waals surface area contributed by atoms with Crippen LogP contribution in [0.4, 0.5) is 0 Å². The number of hydrogen-bond donors (Lipinski definition) is 0. The number of rotatable bonds is 2. The maximum atomic E-state index is 11.6. The van der Waals surface area contributed by atoms with Crippen LogP contribution >= 0.6 is 11.3 Å². The zero-order valence-corrected chi connectivity index (χ0v) is 11.2. The first-order valence-electron chi connectivity index (χ1n) is 5.64. The van der Waals surface area contributed by atoms with E-state index < -0.39 is 0 Å². The lowest BCUT2D eigenvalue weighted by Crippen LogP contribution is -2.22. The van der Waals surface area contributed by atoms with Crippen molar-refractivity contribution in [3.05, 3.63) is 16.0 Å². The summed E-state index contributed by atoms with van der Waals surface area (Å²) in [5.41, 5.74) is 2.85. The van der Waals surface area contributed by atoms with Crippen LogP contribution in [0.1, 0.15) is 48.0 Å². The van der Waals surface area contributed by atoms with Crippen molar-refractivity contribution in [3.63, 3.8) is 0 Å². The number of carbonyl (C=O) groups is 1. The minimum Gasteiger partial charge on any atom is -0.487 e. The molecule has 1 heterocycles. The van der Waals surface area contributed by atoms with Crippen molar-refractivity contribution in [2.75, 3.05) is 7.11 Å². The first-order valence-corrected chi connectivity index (χ1v) is 6.46. The number of carbonyl (C=O) groups excluding carboxylic acids is 1. The van der Waals surface area contributed by atoms with Gasteiger partial charge in [-0.05, 0) is 37.2 Å². The molecule has 0 saturated carbocycles. The average Bonchev–Trinajstić information content (AvgIpc) is 2.54. The van der Waals surface area contributed by atoms with Gasteiger partial charge in [0.15, 0.2) is 10.8 Å². The highest BCUT2D eigenvalue weighted by Crippen LogP contribution is 2.45. The number of hydrogen-bond acceptors (Lipinski definition) is 3. The van der Waals surface area contributed by atoms with Crippen LogP contribution in [0.5, 0.6) is 5.06 Å². The van der Waals surface area contributed by atoms with Gasteiger partial charge in [-0.25, -0.2) is 0 Å². The van der Waals surface area contributed by atoms with Gasteiger partial charge in [0, 0.05) is 5.56 Å². The standard InChI is InChI=1S/C13H18O2S/c1-8(14)11-9-5-6-13(2,3)7-10(9)12(15-4)16-11/h5-7H2,1-4H3. The van der Waals surface area contributed by atoms with Gasteiger partial charge in [0.25, 0.3) is 0 Å². The largest absolute Gasteiger partial charge is 0.487 e. The van der Waals surface area contributed by atoms with Gasteiger partial charge in [-0.3, -0.25) is 4.79 Å². The van der Waals surface area contributed by atoms with Crippen LogP contribution in [0.2, 0.25) is 0 Å². The van der Waals surface area contributed by atoms with Crippen LogP contribution in [0.3, 0.4) is 0 Å². The molecule has 0 bridgehead atoms. The summed E-state index contributed by atoms with van der Waals surface area (Å²) in [5.74, 6) is 0.171. The minimum atomic E-state index is 0.171. The van der Waals surface area contributed by atoms with Crippen molar-refractivity contribution in [1.82, 2.24) is 0 Å². The second-order valence-corrected chi connectivity index (χ2v) is 6.26. The fraction of sp³-hybridized carbons (Fsp3) is 0.615. The maximum Gasteiger partial charge on any atom is 0.177 e. The van der Waals surface area contributed by atoms with Gasteiger partial charge < -0.3 is 4.74 Å². The second kappa shape index (κ2) is 3.88. The zero-order valence-electron chi connectivity index (χ0n) is 10.3. The van der Waals surface area contributed by atoms with Gasteiger partial charge in [0.1, 0.15) is 0 Å². The predicted octanol–water partition coefficient (Wildman–Crippen LogP) is 3.47. The van der Waals surface area contributed by atoms with Gasteiger partial charge in [0.05, 0.1) is 12.0 Å². The first kappa shape index (κ1) is 11.6. The molecular formula is C13H18O2S. The van der Waals surface area contributed by atoms with Crippen LogP contribution in [0.15, 0.2) is 0 Å². The highest BCUT2D eigenvalue weighted by molar-refractivity contribution is 7.16. The van der Waals surface area contributed by atoms with Gasteiger partial charge in [-0.2, -0.15) is 0 Å². The van der Waals surface area contributed by atoms with Crippen molar-refractivity contribution in [2.45, 2.75) is 40.0 Å². The Bertz CT molecular complexity index is 429. The molecule has 1 aromatic rings. The van der Waals surface area contributed by atoms with Crippen LogP contribution in [-0.2, 0) is 12.8 Å². The van der Waals surface area contributed by atoms with E-state index in [1.807, 2.05) is 0 Å². The molecule has 0 saturated heterocycles. The molecule has 3 heteroatoms. The van der Waals surface area contributed by atoms with Gasteiger partial charge >= 0.3 is 0 Å². The van der Waals surface area contributed by atoms with E-state index in [-0.39, 0.29) is 5.78 Å². The molecule has 0 spiro atoms. The molecule has 2 rings (SSSR count). The van der Waals surface area contributed by atoms with Crippen molar-refractivity contribution in [3.8, 4) is 5.06 Å². The number of Topliss-reactive ketones (excluding diaryl/α,β-unsaturated/α-hetero) is 1. The second-order valence-electron chi connectivity index (χ2n) is 5.28. The molecule has 0 unspecified atom stereocenters. The Morgan fingerprint density at radius 2 is 2.06 bits per heavy atom. The third kappa shape index (κ3) is 1.88. The highest BCUT2D eigenvalue weighted by Gasteiger charge is 2.32. The number of ether oxygens (including phenoxy) is 1. The molecule has 16 heavy (non-hydrogen) atoms. The average molecular weight is 238 g/mol. The van der Waals surface area contributed by atoms with Gasteiger partial charge in [-0.1, -0.05) is 25.2 Å². The third-order valence-corrected chi connectivity index (χ3v) is 4.63. The lowest BCUT2D eigenvalue weighted by atomic mass is 9.75. The summed E-state index contributed by atoms with van der Waals surface area (Å²) in [6, 6.07) is 0. The fourth-order valence-electron chi connectivity index (χ4n) is 2.40. The molecule has 0 aromatic carbocycles. The summed E-state index contributed by atoms with van der Waals surface area (Å²) in [4.78, 5) is 12.5. The van der Waals surface area contributed by atoms with Crippen molar-refractivity contribution in [1.29, 1.82) is 0 Å². The molecule has 0 radical (unpaired) electrons. The van der Waals surface area contributed by atoms with Crippen LogP contribution in [-0.4, -0.2) is 12.9 Å². The monoisotopic (exact) mass is 238 g/mol. The summed E-state index contributed by atoms with van der Waals surface area (Å²) in [5, 5.41) is 0.938. The maximum absolute atomic E-state index is 11.6. The molecule has 0 atom stereocenters. The van der Waals surface area contributed by atoms with E-state index in [0.717, 1.165) is 29.2 Å². The highest BCUT2D eigenvalue weighted by atomic mass is 32.1. The Labute approximate surface area is 101 Å². The first-order chi connectivity index (χ1) is 7.44. The number of ketones is 1. The number of fused-ring (bicyclic) bond motifs is 1. The molecular weight excluding hydrogens is 220 g/mol. The Kier molecular flexibility index (Phi) is 2.82. The van der Waals surface area contributed by atoms with Gasteiger partial charge in [0.2, 0.25) is 0 Å². The summed E-state index contributed by atoms with van der Waals surface area (Å²) >= 11 is 1.51. The smallest absolute Gasteiger partial charge is 0.177 e. The molecule has 0 aliphatic heterocycles. The Morgan fingerprint density at radius 3 is 2.62 bits per heavy atom.